The van der Waals surface area contributed by atoms with E-state index >= 15 is 0 Å². The van der Waals surface area contributed by atoms with Crippen LogP contribution in [0.2, 0.25) is 0 Å². The Morgan fingerprint density at radius 3 is 3.09 bits per heavy atom. The van der Waals surface area contributed by atoms with Gasteiger partial charge in [0.25, 0.3) is 5.91 Å². The molecule has 1 aromatic rings. The maximum absolute atomic E-state index is 12.1. The molecule has 2 atom stereocenters. The molecule has 1 N–H and O–H groups in total. The molecule has 6 heteroatoms. The third-order valence-electron chi connectivity index (χ3n) is 3.91. The molecule has 2 aliphatic rings. The van der Waals surface area contributed by atoms with Crippen LogP contribution in [0.4, 0.5) is 0 Å². The van der Waals surface area contributed by atoms with Crippen LogP contribution in [0.15, 0.2) is 29.4 Å². The average molecular weight is 304 g/mol. The summed E-state index contributed by atoms with van der Waals surface area (Å²) in [5.41, 5.74) is 1.59. The number of hydrogen-bond donors (Lipinski definition) is 1. The van der Waals surface area contributed by atoms with Crippen molar-refractivity contribution >= 4 is 11.6 Å². The molecule has 2 aliphatic heterocycles. The third-order valence-corrected chi connectivity index (χ3v) is 3.91. The molecule has 22 heavy (non-hydrogen) atoms. The Hall–Kier alpha value is -2.08. The number of ether oxygens (including phenoxy) is 2. The molecule has 0 spiro atoms. The Bertz CT molecular complexity index is 567. The summed E-state index contributed by atoms with van der Waals surface area (Å²) >= 11 is 0. The van der Waals surface area contributed by atoms with Gasteiger partial charge in [-0.15, -0.1) is 0 Å². The van der Waals surface area contributed by atoms with Crippen LogP contribution in [0, 0.1) is 0 Å². The van der Waals surface area contributed by atoms with Gasteiger partial charge in [-0.05, 0) is 25.0 Å². The Balaban J connectivity index is 1.55. The first-order valence-electron chi connectivity index (χ1n) is 7.53. The lowest BCUT2D eigenvalue weighted by molar-refractivity contribution is -0.131. The van der Waals surface area contributed by atoms with Crippen molar-refractivity contribution in [2.45, 2.75) is 31.5 Å². The molecule has 0 bridgehead atoms. The highest BCUT2D eigenvalue weighted by molar-refractivity contribution is 6.05. The number of nitrogens with one attached hydrogen (secondary N) is 1. The lowest BCUT2D eigenvalue weighted by Crippen LogP contribution is -2.39. The SMILES string of the molecule is COc1ccccc1C1=NO[C@@H](C(=O)NC[C@H]2CCCO2)C1. The van der Waals surface area contributed by atoms with E-state index in [1.807, 2.05) is 24.3 Å². The van der Waals surface area contributed by atoms with Gasteiger partial charge in [-0.1, -0.05) is 17.3 Å². The number of carbonyl (C=O) groups excluding carboxylic acids is 1. The normalized spacial score (nSPS) is 23.8. The van der Waals surface area contributed by atoms with E-state index < -0.39 is 6.10 Å². The first kappa shape index (κ1) is 14.8. The monoisotopic (exact) mass is 304 g/mol. The fourth-order valence-electron chi connectivity index (χ4n) is 2.69. The summed E-state index contributed by atoms with van der Waals surface area (Å²) in [7, 11) is 1.61. The number of carbonyl (C=O) groups is 1. The van der Waals surface area contributed by atoms with Crippen LogP contribution >= 0.6 is 0 Å². The number of para-hydroxylation sites is 1. The smallest absolute Gasteiger partial charge is 0.264 e. The largest absolute Gasteiger partial charge is 0.496 e. The molecule has 1 aromatic carbocycles. The van der Waals surface area contributed by atoms with Crippen molar-refractivity contribution in [2.24, 2.45) is 5.16 Å². The van der Waals surface area contributed by atoms with E-state index in [1.165, 1.54) is 0 Å². The average Bonchev–Trinajstić information content (AvgIpc) is 3.24. The molecule has 1 saturated heterocycles. The highest BCUT2D eigenvalue weighted by atomic mass is 16.6. The zero-order chi connectivity index (χ0) is 15.4. The molecule has 1 fully saturated rings. The molecular formula is C16H20N2O4. The maximum Gasteiger partial charge on any atom is 0.264 e. The number of methoxy groups -OCH3 is 1. The molecule has 3 rings (SSSR count). The zero-order valence-electron chi connectivity index (χ0n) is 12.6. The molecule has 0 unspecified atom stereocenters. The number of rotatable bonds is 5. The van der Waals surface area contributed by atoms with Crippen LogP contribution in [0.25, 0.3) is 0 Å². The summed E-state index contributed by atoms with van der Waals surface area (Å²) in [6.07, 6.45) is 2.04. The van der Waals surface area contributed by atoms with Gasteiger partial charge < -0.3 is 19.6 Å². The molecule has 2 heterocycles. The van der Waals surface area contributed by atoms with E-state index in [0.29, 0.717) is 13.0 Å². The number of nitrogens with zero attached hydrogens (tertiary/aromatic N) is 1. The first-order valence-corrected chi connectivity index (χ1v) is 7.53. The molecule has 0 aromatic heterocycles. The van der Waals surface area contributed by atoms with Gasteiger partial charge in [0, 0.05) is 25.1 Å². The van der Waals surface area contributed by atoms with E-state index in [4.69, 9.17) is 14.3 Å². The third kappa shape index (κ3) is 3.22. The van der Waals surface area contributed by atoms with Crippen molar-refractivity contribution in [3.05, 3.63) is 29.8 Å². The predicted octanol–water partition coefficient (Wildman–Crippen LogP) is 1.48. The van der Waals surface area contributed by atoms with Gasteiger partial charge in [-0.2, -0.15) is 0 Å². The Kier molecular flexibility index (Phi) is 4.58. The van der Waals surface area contributed by atoms with Crippen molar-refractivity contribution in [1.82, 2.24) is 5.32 Å². The van der Waals surface area contributed by atoms with Crippen LogP contribution in [-0.4, -0.2) is 44.1 Å². The molecule has 0 saturated carbocycles. The first-order chi connectivity index (χ1) is 10.8. The van der Waals surface area contributed by atoms with Gasteiger partial charge in [0.05, 0.1) is 18.9 Å². The second-order valence-corrected chi connectivity index (χ2v) is 5.42. The molecule has 0 aliphatic carbocycles. The van der Waals surface area contributed by atoms with Crippen molar-refractivity contribution < 1.29 is 19.1 Å². The van der Waals surface area contributed by atoms with Crippen molar-refractivity contribution in [3.63, 3.8) is 0 Å². The highest BCUT2D eigenvalue weighted by Crippen LogP contribution is 2.24. The summed E-state index contributed by atoms with van der Waals surface area (Å²) in [4.78, 5) is 17.4. The summed E-state index contributed by atoms with van der Waals surface area (Å²) in [6, 6.07) is 7.58. The zero-order valence-corrected chi connectivity index (χ0v) is 12.6. The predicted molar refractivity (Wildman–Crippen MR) is 81.0 cm³/mol. The minimum absolute atomic E-state index is 0.125. The standard InChI is InChI=1S/C16H20N2O4/c1-20-14-7-3-2-6-12(14)13-9-15(22-18-13)16(19)17-10-11-5-4-8-21-11/h2-3,6-7,11,15H,4-5,8-10H2,1H3,(H,17,19)/t11-,15-/m1/s1. The number of oxime groups is 1. The minimum atomic E-state index is -0.582. The maximum atomic E-state index is 12.1. The van der Waals surface area contributed by atoms with Crippen LogP contribution in [0.1, 0.15) is 24.8 Å². The van der Waals surface area contributed by atoms with Gasteiger partial charge in [0.15, 0.2) is 0 Å². The minimum Gasteiger partial charge on any atom is -0.496 e. The Morgan fingerprint density at radius 2 is 2.32 bits per heavy atom. The lowest BCUT2D eigenvalue weighted by Gasteiger charge is -2.13. The van der Waals surface area contributed by atoms with E-state index in [0.717, 1.165) is 36.5 Å². The van der Waals surface area contributed by atoms with Gasteiger partial charge in [-0.3, -0.25) is 4.79 Å². The summed E-state index contributed by atoms with van der Waals surface area (Å²) in [5.74, 6) is 0.578. The van der Waals surface area contributed by atoms with Gasteiger partial charge >= 0.3 is 0 Å². The van der Waals surface area contributed by atoms with Crippen molar-refractivity contribution in [2.75, 3.05) is 20.3 Å². The second-order valence-electron chi connectivity index (χ2n) is 5.42. The van der Waals surface area contributed by atoms with Crippen LogP contribution in [0.5, 0.6) is 5.75 Å². The molecular weight excluding hydrogens is 284 g/mol. The van der Waals surface area contributed by atoms with Gasteiger partial charge in [0.1, 0.15) is 5.75 Å². The fraction of sp³-hybridized carbons (Fsp3) is 0.500. The quantitative estimate of drug-likeness (QED) is 0.894. The molecule has 1 amide bonds. The molecule has 0 radical (unpaired) electrons. The van der Waals surface area contributed by atoms with Crippen LogP contribution in [0.3, 0.4) is 0 Å². The number of benzene rings is 1. The lowest BCUT2D eigenvalue weighted by atomic mass is 10.0. The second kappa shape index (κ2) is 6.79. The number of hydrogen-bond acceptors (Lipinski definition) is 5. The van der Waals surface area contributed by atoms with E-state index in [1.54, 1.807) is 7.11 Å². The summed E-state index contributed by atoms with van der Waals surface area (Å²) in [6.45, 7) is 1.31. The van der Waals surface area contributed by atoms with E-state index in [2.05, 4.69) is 10.5 Å². The number of amides is 1. The topological polar surface area (TPSA) is 69.2 Å². The van der Waals surface area contributed by atoms with Gasteiger partial charge in [0.2, 0.25) is 6.10 Å². The fourth-order valence-corrected chi connectivity index (χ4v) is 2.69. The van der Waals surface area contributed by atoms with E-state index in [9.17, 15) is 4.79 Å². The molecule has 118 valence electrons. The summed E-state index contributed by atoms with van der Waals surface area (Å²) < 4.78 is 10.8. The van der Waals surface area contributed by atoms with Gasteiger partial charge in [-0.25, -0.2) is 0 Å². The van der Waals surface area contributed by atoms with Crippen LogP contribution in [-0.2, 0) is 14.4 Å². The Labute approximate surface area is 129 Å². The Morgan fingerprint density at radius 1 is 1.45 bits per heavy atom. The van der Waals surface area contributed by atoms with Crippen LogP contribution < -0.4 is 10.1 Å². The summed E-state index contributed by atoms with van der Waals surface area (Å²) in [5, 5.41) is 6.92. The highest BCUT2D eigenvalue weighted by Gasteiger charge is 2.30. The molecule has 6 nitrogen and oxygen atoms in total. The van der Waals surface area contributed by atoms with Crippen molar-refractivity contribution in [3.8, 4) is 5.75 Å². The van der Waals surface area contributed by atoms with Crippen molar-refractivity contribution in [1.29, 1.82) is 0 Å². The van der Waals surface area contributed by atoms with E-state index in [-0.39, 0.29) is 12.0 Å².